The van der Waals surface area contributed by atoms with Gasteiger partial charge in [-0.15, -0.1) is 0 Å². The smallest absolute Gasteiger partial charge is 0.211 e. The summed E-state index contributed by atoms with van der Waals surface area (Å²) in [5, 5.41) is 4.21. The lowest BCUT2D eigenvalue weighted by Gasteiger charge is -2.10. The molecule has 1 aromatic carbocycles. The maximum absolute atomic E-state index is 10.4. The van der Waals surface area contributed by atoms with Crippen LogP contribution in [0.15, 0.2) is 18.2 Å². The molecule has 0 aliphatic carbocycles. The van der Waals surface area contributed by atoms with E-state index in [4.69, 9.17) is 11.6 Å². The van der Waals surface area contributed by atoms with Crippen molar-refractivity contribution in [3.05, 3.63) is 34.5 Å². The Morgan fingerprint density at radius 1 is 1.47 bits per heavy atom. The molecular weight excluding hydrogens is 236 g/mol. The molecule has 0 saturated carbocycles. The molecule has 1 heterocycles. The summed E-state index contributed by atoms with van der Waals surface area (Å²) in [6.45, 7) is 4.01. The van der Waals surface area contributed by atoms with Crippen LogP contribution in [0.2, 0.25) is 5.02 Å². The largest absolute Gasteiger partial charge is 0.329 e. The van der Waals surface area contributed by atoms with Gasteiger partial charge in [-0.05, 0) is 37.1 Å². The van der Waals surface area contributed by atoms with E-state index in [1.54, 1.807) is 0 Å². The van der Waals surface area contributed by atoms with Crippen LogP contribution < -0.4 is 5.32 Å². The van der Waals surface area contributed by atoms with Crippen LogP contribution in [-0.4, -0.2) is 11.4 Å². The van der Waals surface area contributed by atoms with Crippen LogP contribution in [0.4, 0.5) is 5.69 Å². The molecule has 0 saturated heterocycles. The van der Waals surface area contributed by atoms with Crippen molar-refractivity contribution in [1.29, 1.82) is 0 Å². The molecule has 0 radical (unpaired) electrons. The fourth-order valence-electron chi connectivity index (χ4n) is 1.95. The van der Waals surface area contributed by atoms with E-state index >= 15 is 0 Å². The van der Waals surface area contributed by atoms with E-state index in [0.29, 0.717) is 6.41 Å². The highest BCUT2D eigenvalue weighted by atomic mass is 35.5. The second-order valence-electron chi connectivity index (χ2n) is 3.84. The summed E-state index contributed by atoms with van der Waals surface area (Å²) in [6.07, 6.45) is 1.50. The maximum Gasteiger partial charge on any atom is 0.211 e. The molecule has 0 bridgehead atoms. The number of anilines is 1. The van der Waals surface area contributed by atoms with Crippen LogP contribution in [0, 0.1) is 6.92 Å². The van der Waals surface area contributed by atoms with E-state index in [9.17, 15) is 4.79 Å². The molecule has 2 aromatic rings. The predicted molar refractivity (Wildman–Crippen MR) is 70.6 cm³/mol. The highest BCUT2D eigenvalue weighted by Crippen LogP contribution is 2.30. The number of hydrogen-bond donors (Lipinski definition) is 1. The molecule has 4 heteroatoms. The average Bonchev–Trinajstić information content (AvgIpc) is 2.31. The van der Waals surface area contributed by atoms with Gasteiger partial charge in [-0.1, -0.05) is 18.5 Å². The highest BCUT2D eigenvalue weighted by Gasteiger charge is 2.09. The Bertz CT molecular complexity index is 581. The molecule has 3 nitrogen and oxygen atoms in total. The molecule has 88 valence electrons. The fraction of sp³-hybridized carbons (Fsp3) is 0.231. The van der Waals surface area contributed by atoms with Gasteiger partial charge in [-0.25, -0.2) is 0 Å². The van der Waals surface area contributed by atoms with Crippen LogP contribution in [0.5, 0.6) is 0 Å². The first-order valence-corrected chi connectivity index (χ1v) is 5.84. The first-order chi connectivity index (χ1) is 8.17. The van der Waals surface area contributed by atoms with Gasteiger partial charge in [0.05, 0.1) is 10.5 Å². The van der Waals surface area contributed by atoms with Crippen LogP contribution >= 0.6 is 11.6 Å². The summed E-state index contributed by atoms with van der Waals surface area (Å²) in [5.41, 5.74) is 3.59. The summed E-state index contributed by atoms with van der Waals surface area (Å²) < 4.78 is 0. The predicted octanol–water partition coefficient (Wildman–Crippen LogP) is 3.33. The normalized spacial score (nSPS) is 10.5. The summed E-state index contributed by atoms with van der Waals surface area (Å²) in [6, 6.07) is 5.52. The Hall–Kier alpha value is -1.61. The van der Waals surface area contributed by atoms with Crippen molar-refractivity contribution in [3.63, 3.8) is 0 Å². The standard InChI is InChI=1S/C13H13ClN2O/c1-3-10-8(2)16-12-5-4-9(15-7-17)6-11(12)13(10)14/h4-7H,3H2,1-2H3,(H,15,17). The van der Waals surface area contributed by atoms with Gasteiger partial charge in [0.1, 0.15) is 0 Å². The molecule has 0 spiro atoms. The number of hydrogen-bond acceptors (Lipinski definition) is 2. The van der Waals surface area contributed by atoms with Crippen molar-refractivity contribution in [2.45, 2.75) is 20.3 Å². The second-order valence-corrected chi connectivity index (χ2v) is 4.22. The lowest BCUT2D eigenvalue weighted by Crippen LogP contribution is -1.97. The monoisotopic (exact) mass is 248 g/mol. The second kappa shape index (κ2) is 4.72. The van der Waals surface area contributed by atoms with Crippen LogP contribution in [0.3, 0.4) is 0 Å². The fourth-order valence-corrected chi connectivity index (χ4v) is 2.37. The van der Waals surface area contributed by atoms with Crippen molar-refractivity contribution in [2.75, 3.05) is 5.32 Å². The molecule has 0 atom stereocenters. The highest BCUT2D eigenvalue weighted by molar-refractivity contribution is 6.36. The molecule has 0 aliphatic heterocycles. The number of halogens is 1. The van der Waals surface area contributed by atoms with E-state index in [2.05, 4.69) is 17.2 Å². The number of nitrogens with one attached hydrogen (secondary N) is 1. The van der Waals surface area contributed by atoms with Gasteiger partial charge < -0.3 is 5.32 Å². The van der Waals surface area contributed by atoms with Crippen LogP contribution in [-0.2, 0) is 11.2 Å². The summed E-state index contributed by atoms with van der Waals surface area (Å²) >= 11 is 6.36. The zero-order valence-electron chi connectivity index (χ0n) is 9.75. The van der Waals surface area contributed by atoms with E-state index < -0.39 is 0 Å². The molecule has 0 unspecified atom stereocenters. The van der Waals surface area contributed by atoms with E-state index in [-0.39, 0.29) is 0 Å². The summed E-state index contributed by atoms with van der Waals surface area (Å²) in [4.78, 5) is 14.9. The molecule has 0 aliphatic rings. The molecular formula is C13H13ClN2O. The van der Waals surface area contributed by atoms with Crippen molar-refractivity contribution >= 4 is 34.6 Å². The van der Waals surface area contributed by atoms with E-state index in [0.717, 1.165) is 39.3 Å². The number of aryl methyl sites for hydroxylation is 1. The third-order valence-electron chi connectivity index (χ3n) is 2.80. The SMILES string of the molecule is CCc1c(C)nc2ccc(NC=O)cc2c1Cl. The third-order valence-corrected chi connectivity index (χ3v) is 3.23. The number of carbonyl (C=O) groups is 1. The summed E-state index contributed by atoms with van der Waals surface area (Å²) in [7, 11) is 0. The number of fused-ring (bicyclic) bond motifs is 1. The topological polar surface area (TPSA) is 42.0 Å². The number of pyridine rings is 1. The number of amides is 1. The minimum atomic E-state index is 0.650. The van der Waals surface area contributed by atoms with Gasteiger partial charge >= 0.3 is 0 Å². The van der Waals surface area contributed by atoms with E-state index in [1.165, 1.54) is 0 Å². The minimum absolute atomic E-state index is 0.650. The lowest BCUT2D eigenvalue weighted by atomic mass is 10.1. The van der Waals surface area contributed by atoms with Gasteiger partial charge in [0.2, 0.25) is 6.41 Å². The van der Waals surface area contributed by atoms with Crippen LogP contribution in [0.25, 0.3) is 10.9 Å². The maximum atomic E-state index is 10.4. The molecule has 0 fully saturated rings. The Morgan fingerprint density at radius 2 is 2.24 bits per heavy atom. The van der Waals surface area contributed by atoms with E-state index in [1.807, 2.05) is 25.1 Å². The lowest BCUT2D eigenvalue weighted by molar-refractivity contribution is -0.105. The Morgan fingerprint density at radius 3 is 2.88 bits per heavy atom. The zero-order valence-corrected chi connectivity index (χ0v) is 10.5. The first-order valence-electron chi connectivity index (χ1n) is 5.46. The van der Waals surface area contributed by atoms with Crippen molar-refractivity contribution in [2.24, 2.45) is 0 Å². The quantitative estimate of drug-likeness (QED) is 0.847. The number of rotatable bonds is 3. The van der Waals surface area contributed by atoms with Gasteiger partial charge in [0.15, 0.2) is 0 Å². The Balaban J connectivity index is 2.71. The van der Waals surface area contributed by atoms with Gasteiger partial charge in [0, 0.05) is 16.8 Å². The Labute approximate surface area is 105 Å². The summed E-state index contributed by atoms with van der Waals surface area (Å²) in [5.74, 6) is 0. The zero-order chi connectivity index (χ0) is 12.4. The van der Waals surface area contributed by atoms with Gasteiger partial charge in [-0.3, -0.25) is 9.78 Å². The average molecular weight is 249 g/mol. The first kappa shape index (κ1) is 11.9. The molecule has 2 rings (SSSR count). The minimum Gasteiger partial charge on any atom is -0.329 e. The number of aromatic nitrogens is 1. The molecule has 1 aromatic heterocycles. The number of nitrogens with zero attached hydrogens (tertiary/aromatic N) is 1. The van der Waals surface area contributed by atoms with Crippen LogP contribution in [0.1, 0.15) is 18.2 Å². The van der Waals surface area contributed by atoms with Crippen molar-refractivity contribution in [3.8, 4) is 0 Å². The molecule has 1 amide bonds. The number of carbonyl (C=O) groups excluding carboxylic acids is 1. The van der Waals surface area contributed by atoms with Crippen molar-refractivity contribution in [1.82, 2.24) is 4.98 Å². The Kier molecular flexibility index (Phi) is 3.29. The third kappa shape index (κ3) is 2.11. The van der Waals surface area contributed by atoms with Gasteiger partial charge in [0.25, 0.3) is 0 Å². The molecule has 17 heavy (non-hydrogen) atoms. The number of benzene rings is 1. The van der Waals surface area contributed by atoms with Crippen molar-refractivity contribution < 1.29 is 4.79 Å². The van der Waals surface area contributed by atoms with Gasteiger partial charge in [-0.2, -0.15) is 0 Å². The molecule has 1 N–H and O–H groups in total.